The number of sulfonamides is 1. The van der Waals surface area contributed by atoms with Crippen LogP contribution in [0.3, 0.4) is 0 Å². The standard InChI is InChI=1S/C11H15BrClNO4S2/c1-7(2)14(5-3-4-9(15)16)20(17,18)10-6-8(13)11(12)19-10/h6-7H,3-5H2,1-2H3,(H,15,16). The van der Waals surface area contributed by atoms with Crippen molar-refractivity contribution in [3.63, 3.8) is 0 Å². The van der Waals surface area contributed by atoms with Crippen LogP contribution in [-0.2, 0) is 14.8 Å². The number of nitrogens with zero attached hydrogens (tertiary/aromatic N) is 1. The minimum Gasteiger partial charge on any atom is -0.481 e. The van der Waals surface area contributed by atoms with Gasteiger partial charge < -0.3 is 5.11 Å². The Bertz CT molecular complexity index is 566. The summed E-state index contributed by atoms with van der Waals surface area (Å²) in [6, 6.07) is 1.14. The number of hydrogen-bond acceptors (Lipinski definition) is 4. The molecule has 1 aromatic heterocycles. The zero-order valence-electron chi connectivity index (χ0n) is 11.0. The first kappa shape index (κ1) is 17.9. The zero-order chi connectivity index (χ0) is 15.5. The number of carboxylic acids is 1. The highest BCUT2D eigenvalue weighted by Gasteiger charge is 2.29. The highest BCUT2D eigenvalue weighted by atomic mass is 79.9. The van der Waals surface area contributed by atoms with Crippen molar-refractivity contribution in [1.82, 2.24) is 4.31 Å². The second-order valence-electron chi connectivity index (χ2n) is 4.39. The first-order chi connectivity index (χ1) is 9.16. The van der Waals surface area contributed by atoms with E-state index in [-0.39, 0.29) is 29.6 Å². The van der Waals surface area contributed by atoms with E-state index in [0.717, 1.165) is 11.3 Å². The van der Waals surface area contributed by atoms with Gasteiger partial charge in [0.25, 0.3) is 10.0 Å². The third-order valence-corrected chi connectivity index (χ3v) is 7.53. The van der Waals surface area contributed by atoms with Crippen LogP contribution in [0.2, 0.25) is 5.02 Å². The Labute approximate surface area is 135 Å². The molecular weight excluding hydrogens is 390 g/mol. The molecule has 114 valence electrons. The van der Waals surface area contributed by atoms with Gasteiger partial charge in [-0.2, -0.15) is 4.31 Å². The van der Waals surface area contributed by atoms with E-state index < -0.39 is 16.0 Å². The highest BCUT2D eigenvalue weighted by molar-refractivity contribution is 9.11. The van der Waals surface area contributed by atoms with E-state index in [9.17, 15) is 13.2 Å². The van der Waals surface area contributed by atoms with Crippen molar-refractivity contribution in [1.29, 1.82) is 0 Å². The molecule has 0 aliphatic rings. The second kappa shape index (κ2) is 7.22. The molecule has 0 unspecified atom stereocenters. The van der Waals surface area contributed by atoms with Crippen molar-refractivity contribution in [2.24, 2.45) is 0 Å². The molecule has 0 spiro atoms. The maximum Gasteiger partial charge on any atom is 0.303 e. The highest BCUT2D eigenvalue weighted by Crippen LogP contribution is 2.36. The topological polar surface area (TPSA) is 74.7 Å². The van der Waals surface area contributed by atoms with Gasteiger partial charge in [-0.25, -0.2) is 8.42 Å². The van der Waals surface area contributed by atoms with Crippen LogP contribution in [0.5, 0.6) is 0 Å². The van der Waals surface area contributed by atoms with Crippen LogP contribution in [0.25, 0.3) is 0 Å². The summed E-state index contributed by atoms with van der Waals surface area (Å²) in [5.41, 5.74) is 0. The van der Waals surface area contributed by atoms with Crippen molar-refractivity contribution in [3.8, 4) is 0 Å². The first-order valence-corrected chi connectivity index (χ1v) is 9.27. The molecule has 5 nitrogen and oxygen atoms in total. The Morgan fingerprint density at radius 1 is 1.55 bits per heavy atom. The fraction of sp³-hybridized carbons (Fsp3) is 0.545. The van der Waals surface area contributed by atoms with Gasteiger partial charge in [-0.3, -0.25) is 4.79 Å². The van der Waals surface area contributed by atoms with Gasteiger partial charge in [0.1, 0.15) is 4.21 Å². The van der Waals surface area contributed by atoms with E-state index in [0.29, 0.717) is 8.81 Å². The largest absolute Gasteiger partial charge is 0.481 e. The van der Waals surface area contributed by atoms with E-state index in [1.807, 2.05) is 0 Å². The molecule has 20 heavy (non-hydrogen) atoms. The summed E-state index contributed by atoms with van der Waals surface area (Å²) in [6.45, 7) is 3.67. The summed E-state index contributed by atoms with van der Waals surface area (Å²) in [4.78, 5) is 10.5. The third-order valence-electron chi connectivity index (χ3n) is 2.53. The van der Waals surface area contributed by atoms with Crippen LogP contribution in [-0.4, -0.2) is 36.4 Å². The minimum atomic E-state index is -3.66. The molecule has 0 aromatic carbocycles. The first-order valence-electron chi connectivity index (χ1n) is 5.84. The smallest absolute Gasteiger partial charge is 0.303 e. The lowest BCUT2D eigenvalue weighted by atomic mass is 10.3. The lowest BCUT2D eigenvalue weighted by Gasteiger charge is -2.24. The number of rotatable bonds is 7. The number of thiophene rings is 1. The maximum absolute atomic E-state index is 12.5. The van der Waals surface area contributed by atoms with Crippen molar-refractivity contribution < 1.29 is 18.3 Å². The molecule has 0 amide bonds. The van der Waals surface area contributed by atoms with Crippen LogP contribution in [0.1, 0.15) is 26.7 Å². The van der Waals surface area contributed by atoms with E-state index in [4.69, 9.17) is 16.7 Å². The number of halogens is 2. The fourth-order valence-electron chi connectivity index (χ4n) is 1.61. The number of aliphatic carboxylic acids is 1. The molecule has 0 radical (unpaired) electrons. The molecule has 9 heteroatoms. The monoisotopic (exact) mass is 403 g/mol. The van der Waals surface area contributed by atoms with Gasteiger partial charge in [-0.1, -0.05) is 11.6 Å². The summed E-state index contributed by atoms with van der Waals surface area (Å²) in [7, 11) is -3.66. The van der Waals surface area contributed by atoms with Crippen molar-refractivity contribution >= 4 is 54.9 Å². The van der Waals surface area contributed by atoms with E-state index in [1.165, 1.54) is 10.4 Å². The van der Waals surface area contributed by atoms with Gasteiger partial charge in [0.05, 0.1) is 8.81 Å². The molecule has 0 saturated carbocycles. The molecule has 0 atom stereocenters. The SMILES string of the molecule is CC(C)N(CCCC(=O)O)S(=O)(=O)c1cc(Cl)c(Br)s1. The lowest BCUT2D eigenvalue weighted by Crippen LogP contribution is -2.37. The van der Waals surface area contributed by atoms with Gasteiger partial charge >= 0.3 is 5.97 Å². The fourth-order valence-corrected chi connectivity index (χ4v) is 5.82. The van der Waals surface area contributed by atoms with Gasteiger partial charge in [-0.05, 0) is 42.3 Å². The molecule has 1 rings (SSSR count). The average molecular weight is 405 g/mol. The van der Waals surface area contributed by atoms with Crippen LogP contribution in [0.4, 0.5) is 0 Å². The molecule has 0 saturated heterocycles. The molecule has 1 N–H and O–H groups in total. The predicted octanol–water partition coefficient (Wildman–Crippen LogP) is 3.43. The zero-order valence-corrected chi connectivity index (χ0v) is 14.9. The van der Waals surface area contributed by atoms with Crippen LogP contribution in [0.15, 0.2) is 14.1 Å². The minimum absolute atomic E-state index is 0.0619. The third kappa shape index (κ3) is 4.42. The Hall–Kier alpha value is -0.150. The van der Waals surface area contributed by atoms with E-state index >= 15 is 0 Å². The maximum atomic E-state index is 12.5. The lowest BCUT2D eigenvalue weighted by molar-refractivity contribution is -0.137. The summed E-state index contributed by atoms with van der Waals surface area (Å²) in [5, 5.41) is 8.98. The van der Waals surface area contributed by atoms with Crippen LogP contribution in [0, 0.1) is 0 Å². The Balaban J connectivity index is 2.97. The summed E-state index contributed by atoms with van der Waals surface area (Å²) >= 11 is 10.1. The van der Waals surface area contributed by atoms with E-state index in [2.05, 4.69) is 15.9 Å². The Morgan fingerprint density at radius 3 is 2.55 bits per heavy atom. The average Bonchev–Trinajstić information content (AvgIpc) is 2.65. The molecule has 0 fully saturated rings. The van der Waals surface area contributed by atoms with Gasteiger partial charge in [-0.15, -0.1) is 11.3 Å². The normalized spacial score (nSPS) is 12.3. The van der Waals surface area contributed by atoms with Crippen LogP contribution < -0.4 is 0 Å². The Morgan fingerprint density at radius 2 is 2.15 bits per heavy atom. The second-order valence-corrected chi connectivity index (χ2v) is 9.29. The Kier molecular flexibility index (Phi) is 6.46. The number of carbonyl (C=O) groups is 1. The quantitative estimate of drug-likeness (QED) is 0.755. The molecule has 0 bridgehead atoms. The van der Waals surface area contributed by atoms with Crippen molar-refractivity contribution in [3.05, 3.63) is 14.9 Å². The van der Waals surface area contributed by atoms with Gasteiger partial charge in [0, 0.05) is 19.0 Å². The molecule has 1 heterocycles. The molecule has 1 aromatic rings. The molecule has 0 aliphatic carbocycles. The van der Waals surface area contributed by atoms with Gasteiger partial charge in [0.2, 0.25) is 0 Å². The van der Waals surface area contributed by atoms with E-state index in [1.54, 1.807) is 13.8 Å². The van der Waals surface area contributed by atoms with Crippen molar-refractivity contribution in [2.45, 2.75) is 36.9 Å². The summed E-state index contributed by atoms with van der Waals surface area (Å²) in [6.07, 6.45) is 0.209. The predicted molar refractivity (Wildman–Crippen MR) is 82.9 cm³/mol. The number of hydrogen-bond donors (Lipinski definition) is 1. The van der Waals surface area contributed by atoms with Crippen LogP contribution >= 0.6 is 38.9 Å². The molecule has 0 aliphatic heterocycles. The summed E-state index contributed by atoms with van der Waals surface area (Å²) in [5.74, 6) is -0.937. The van der Waals surface area contributed by atoms with Gasteiger partial charge in [0.15, 0.2) is 0 Å². The summed E-state index contributed by atoms with van der Waals surface area (Å²) < 4.78 is 27.1. The molecular formula is C11H15BrClNO4S2. The number of carboxylic acid groups (broad SMARTS) is 1. The van der Waals surface area contributed by atoms with Crippen molar-refractivity contribution in [2.75, 3.05) is 6.54 Å².